The van der Waals surface area contributed by atoms with Crippen molar-refractivity contribution in [3.8, 4) is 17.6 Å². The number of nitrogens with zero attached hydrogens (tertiary/aromatic N) is 1. The zero-order valence-electron chi connectivity index (χ0n) is 19.7. The van der Waals surface area contributed by atoms with Crippen LogP contribution >= 0.6 is 39.1 Å². The molecular weight excluding hydrogens is 575 g/mol. The maximum Gasteiger partial charge on any atom is 0.266 e. The van der Waals surface area contributed by atoms with E-state index in [-0.39, 0.29) is 5.57 Å². The topological polar surface area (TPSA) is 71.3 Å². The molecule has 0 unspecified atom stereocenters. The monoisotopic (exact) mass is 594 g/mol. The van der Waals surface area contributed by atoms with E-state index >= 15 is 0 Å². The molecule has 4 rings (SSSR count). The predicted octanol–water partition coefficient (Wildman–Crippen LogP) is 8.43. The number of benzene rings is 4. The lowest BCUT2D eigenvalue weighted by Crippen LogP contribution is -2.13. The summed E-state index contributed by atoms with van der Waals surface area (Å²) in [5, 5.41) is 15.2. The van der Waals surface area contributed by atoms with Gasteiger partial charge in [0.1, 0.15) is 18.2 Å². The Morgan fingerprint density at radius 2 is 1.84 bits per heavy atom. The Labute approximate surface area is 233 Å². The van der Waals surface area contributed by atoms with Crippen molar-refractivity contribution >= 4 is 67.6 Å². The largest absolute Gasteiger partial charge is 0.490 e. The van der Waals surface area contributed by atoms with Crippen LogP contribution in [0, 0.1) is 11.3 Å². The quantitative estimate of drug-likeness (QED) is 0.164. The molecule has 0 aliphatic carbocycles. The van der Waals surface area contributed by atoms with Gasteiger partial charge in [0.2, 0.25) is 0 Å². The fraction of sp³-hybridized carbons (Fsp3) is 0.103. The van der Waals surface area contributed by atoms with Crippen LogP contribution < -0.4 is 14.8 Å². The van der Waals surface area contributed by atoms with Gasteiger partial charge in [-0.3, -0.25) is 4.79 Å². The lowest BCUT2D eigenvalue weighted by molar-refractivity contribution is -0.112. The van der Waals surface area contributed by atoms with Crippen LogP contribution in [0.2, 0.25) is 10.0 Å². The zero-order valence-corrected chi connectivity index (χ0v) is 22.8. The zero-order chi connectivity index (χ0) is 26.4. The van der Waals surface area contributed by atoms with Gasteiger partial charge in [0, 0.05) is 5.02 Å². The fourth-order valence-electron chi connectivity index (χ4n) is 3.74. The molecule has 5 nitrogen and oxygen atoms in total. The van der Waals surface area contributed by atoms with Gasteiger partial charge in [-0.25, -0.2) is 0 Å². The van der Waals surface area contributed by atoms with Gasteiger partial charge in [0.15, 0.2) is 11.5 Å². The summed E-state index contributed by atoms with van der Waals surface area (Å²) >= 11 is 15.7. The smallest absolute Gasteiger partial charge is 0.266 e. The van der Waals surface area contributed by atoms with E-state index in [2.05, 4.69) is 39.4 Å². The molecule has 8 heteroatoms. The van der Waals surface area contributed by atoms with Crippen LogP contribution in [0.1, 0.15) is 18.1 Å². The minimum Gasteiger partial charge on any atom is -0.490 e. The minimum absolute atomic E-state index is 0.116. The number of nitriles is 1. The van der Waals surface area contributed by atoms with E-state index in [0.717, 1.165) is 16.3 Å². The second-order valence-corrected chi connectivity index (χ2v) is 9.64. The number of fused-ring (bicyclic) bond motifs is 1. The van der Waals surface area contributed by atoms with E-state index < -0.39 is 5.91 Å². The molecule has 186 valence electrons. The molecule has 0 aliphatic heterocycles. The van der Waals surface area contributed by atoms with Gasteiger partial charge in [-0.2, -0.15) is 5.26 Å². The average Bonchev–Trinajstić information content (AvgIpc) is 2.89. The number of carbonyl (C=O) groups is 1. The Bertz CT molecular complexity index is 1540. The molecule has 4 aromatic carbocycles. The third-order valence-corrected chi connectivity index (χ3v) is 6.59. The highest BCUT2D eigenvalue weighted by atomic mass is 79.9. The van der Waals surface area contributed by atoms with E-state index in [0.29, 0.717) is 50.5 Å². The van der Waals surface area contributed by atoms with Gasteiger partial charge in [0.05, 0.1) is 21.8 Å². The van der Waals surface area contributed by atoms with Crippen LogP contribution in [-0.2, 0) is 11.4 Å². The summed E-state index contributed by atoms with van der Waals surface area (Å²) in [6.07, 6.45) is 1.47. The van der Waals surface area contributed by atoms with Crippen molar-refractivity contribution in [2.24, 2.45) is 0 Å². The Kier molecular flexibility index (Phi) is 8.73. The highest BCUT2D eigenvalue weighted by Gasteiger charge is 2.16. The van der Waals surface area contributed by atoms with Gasteiger partial charge in [0.25, 0.3) is 5.91 Å². The first-order chi connectivity index (χ1) is 17.9. The van der Waals surface area contributed by atoms with Crippen LogP contribution in [0.15, 0.2) is 82.8 Å². The number of halogens is 3. The Morgan fingerprint density at radius 1 is 1.05 bits per heavy atom. The lowest BCUT2D eigenvalue weighted by atomic mass is 10.1. The number of hydrogen-bond donors (Lipinski definition) is 1. The standard InChI is InChI=1S/C29H21BrCl2N2O3/c1-2-36-27-14-18(12-21(16-33)29(35)34-26-15-22(31)10-11-25(26)32)13-24(30)28(27)37-17-20-8-5-7-19-6-3-4-9-23(19)20/h3-15H,2,17H2,1H3,(H,34,35)/b21-12-. The van der Waals surface area contributed by atoms with Crippen molar-refractivity contribution < 1.29 is 14.3 Å². The number of hydrogen-bond acceptors (Lipinski definition) is 4. The van der Waals surface area contributed by atoms with E-state index in [1.54, 1.807) is 24.3 Å². The normalized spacial score (nSPS) is 11.2. The summed E-state index contributed by atoms with van der Waals surface area (Å²) in [6.45, 7) is 2.61. The van der Waals surface area contributed by atoms with Crippen LogP contribution in [0.4, 0.5) is 5.69 Å². The maximum atomic E-state index is 12.8. The molecule has 0 saturated heterocycles. The van der Waals surface area contributed by atoms with E-state index in [1.165, 1.54) is 12.1 Å². The number of amides is 1. The Hall–Kier alpha value is -3.50. The van der Waals surface area contributed by atoms with Crippen LogP contribution in [0.3, 0.4) is 0 Å². The van der Waals surface area contributed by atoms with Gasteiger partial charge >= 0.3 is 0 Å². The van der Waals surface area contributed by atoms with E-state index in [4.69, 9.17) is 32.7 Å². The summed E-state index contributed by atoms with van der Waals surface area (Å²) in [5.74, 6) is 0.400. The summed E-state index contributed by atoms with van der Waals surface area (Å²) in [7, 11) is 0. The van der Waals surface area contributed by atoms with Gasteiger partial charge in [-0.1, -0.05) is 65.7 Å². The molecule has 0 fully saturated rings. The van der Waals surface area contributed by atoms with Crippen molar-refractivity contribution in [3.05, 3.63) is 104 Å². The molecule has 0 atom stereocenters. The molecule has 0 spiro atoms. The van der Waals surface area contributed by atoms with Crippen LogP contribution in [0.5, 0.6) is 11.5 Å². The van der Waals surface area contributed by atoms with Crippen LogP contribution in [0.25, 0.3) is 16.8 Å². The number of carbonyl (C=O) groups excluding carboxylic acids is 1. The number of anilines is 1. The van der Waals surface area contributed by atoms with Crippen molar-refractivity contribution in [2.75, 3.05) is 11.9 Å². The summed E-state index contributed by atoms with van der Waals surface area (Å²) in [6, 6.07) is 24.3. The highest BCUT2D eigenvalue weighted by Crippen LogP contribution is 2.38. The Balaban J connectivity index is 1.60. The SMILES string of the molecule is CCOc1cc(/C=C(/C#N)C(=O)Nc2cc(Cl)ccc2Cl)cc(Br)c1OCc1cccc2ccccc12. The van der Waals surface area contributed by atoms with Gasteiger partial charge < -0.3 is 14.8 Å². The second-order valence-electron chi connectivity index (χ2n) is 7.94. The average molecular weight is 596 g/mol. The van der Waals surface area contributed by atoms with Crippen molar-refractivity contribution in [1.29, 1.82) is 5.26 Å². The molecule has 1 N–H and O–H groups in total. The first-order valence-corrected chi connectivity index (χ1v) is 12.9. The molecule has 0 radical (unpaired) electrons. The third-order valence-electron chi connectivity index (χ3n) is 5.44. The van der Waals surface area contributed by atoms with Crippen molar-refractivity contribution in [2.45, 2.75) is 13.5 Å². The molecule has 0 saturated carbocycles. The molecule has 4 aromatic rings. The summed E-state index contributed by atoms with van der Waals surface area (Å²) < 4.78 is 12.6. The maximum absolute atomic E-state index is 12.8. The summed E-state index contributed by atoms with van der Waals surface area (Å²) in [4.78, 5) is 12.8. The first kappa shape index (κ1) is 26.6. The van der Waals surface area contributed by atoms with Crippen LogP contribution in [-0.4, -0.2) is 12.5 Å². The predicted molar refractivity (Wildman–Crippen MR) is 152 cm³/mol. The lowest BCUT2D eigenvalue weighted by Gasteiger charge is -2.16. The fourth-order valence-corrected chi connectivity index (χ4v) is 4.65. The number of ether oxygens (including phenoxy) is 2. The van der Waals surface area contributed by atoms with Gasteiger partial charge in [-0.05, 0) is 81.2 Å². The number of nitrogens with one attached hydrogen (secondary N) is 1. The van der Waals surface area contributed by atoms with Crippen molar-refractivity contribution in [1.82, 2.24) is 0 Å². The molecule has 1 amide bonds. The first-order valence-electron chi connectivity index (χ1n) is 11.3. The second kappa shape index (κ2) is 12.2. The number of rotatable bonds is 8. The molecule has 0 heterocycles. The molecule has 37 heavy (non-hydrogen) atoms. The van der Waals surface area contributed by atoms with E-state index in [1.807, 2.05) is 37.3 Å². The third kappa shape index (κ3) is 6.44. The van der Waals surface area contributed by atoms with Crippen molar-refractivity contribution in [3.63, 3.8) is 0 Å². The molecule has 0 bridgehead atoms. The molecule has 0 aliphatic rings. The van der Waals surface area contributed by atoms with E-state index in [9.17, 15) is 10.1 Å². The minimum atomic E-state index is -0.614. The molecule has 0 aromatic heterocycles. The molecular formula is C29H21BrCl2N2O3. The summed E-state index contributed by atoms with van der Waals surface area (Å²) in [5.41, 5.74) is 1.82. The highest BCUT2D eigenvalue weighted by molar-refractivity contribution is 9.10. The van der Waals surface area contributed by atoms with Gasteiger partial charge in [-0.15, -0.1) is 0 Å². The Morgan fingerprint density at radius 3 is 2.62 bits per heavy atom.